The van der Waals surface area contributed by atoms with Crippen LogP contribution in [0.1, 0.15) is 0 Å². The second kappa shape index (κ2) is 5.65. The predicted molar refractivity (Wildman–Crippen MR) is 73.9 cm³/mol. The van der Waals surface area contributed by atoms with Crippen molar-refractivity contribution in [3.63, 3.8) is 0 Å². The Labute approximate surface area is 110 Å². The van der Waals surface area contributed by atoms with Crippen LogP contribution in [-0.4, -0.2) is 29.8 Å². The van der Waals surface area contributed by atoms with Crippen molar-refractivity contribution in [1.29, 1.82) is 0 Å². The summed E-state index contributed by atoms with van der Waals surface area (Å²) in [5.41, 5.74) is 0.0947. The van der Waals surface area contributed by atoms with Crippen LogP contribution >= 0.6 is 10.2 Å². The molecule has 0 spiro atoms. The largest absolute Gasteiger partial charge is 0.494 e. The van der Waals surface area contributed by atoms with E-state index >= 15 is 0 Å². The third-order valence-corrected chi connectivity index (χ3v) is 3.65. The minimum absolute atomic E-state index is 0.142. The Morgan fingerprint density at radius 1 is 1.47 bits per heavy atom. The van der Waals surface area contributed by atoms with E-state index in [1.807, 2.05) is 0 Å². The van der Waals surface area contributed by atoms with Crippen LogP contribution in [0, 0.1) is 15.0 Å². The number of nitroso groups, excluding NO2 is 1. The van der Waals surface area contributed by atoms with E-state index in [0.29, 0.717) is 0 Å². The summed E-state index contributed by atoms with van der Waals surface area (Å²) in [5, 5.41) is 12.5. The van der Waals surface area contributed by atoms with E-state index in [2.05, 4.69) is 9.90 Å². The van der Waals surface area contributed by atoms with Gasteiger partial charge in [0.05, 0.1) is 23.8 Å². The van der Waals surface area contributed by atoms with E-state index in [1.54, 1.807) is 0 Å². The number of carbonyl (C=O) groups is 1. The molecule has 104 valence electrons. The Morgan fingerprint density at radius 2 is 2.11 bits per heavy atom. The maximum absolute atomic E-state index is 11.8. The van der Waals surface area contributed by atoms with Crippen LogP contribution in [0.5, 0.6) is 5.75 Å². The summed E-state index contributed by atoms with van der Waals surface area (Å²) in [6.07, 6.45) is 2.88. The average Bonchev–Trinajstić information content (AvgIpc) is 2.38. The van der Waals surface area contributed by atoms with Gasteiger partial charge in [-0.3, -0.25) is 14.9 Å². The number of nitro groups is 1. The maximum Gasteiger partial charge on any atom is 0.287 e. The molecule has 0 unspecified atom stereocenters. The topological polar surface area (TPSA) is 111 Å². The monoisotopic (exact) mass is 287 g/mol. The number of anilines is 1. The zero-order valence-electron chi connectivity index (χ0n) is 10.6. The second-order valence-corrected chi connectivity index (χ2v) is 6.97. The van der Waals surface area contributed by atoms with Crippen molar-refractivity contribution < 1.29 is 14.5 Å². The zero-order chi connectivity index (χ0) is 14.6. The number of amides is 1. The van der Waals surface area contributed by atoms with Gasteiger partial charge in [0.25, 0.3) is 10.9 Å². The number of hydrogen-bond donors (Lipinski definition) is 1. The van der Waals surface area contributed by atoms with Gasteiger partial charge in [0.1, 0.15) is 5.75 Å². The van der Waals surface area contributed by atoms with Crippen LogP contribution in [0.2, 0.25) is 0 Å². The van der Waals surface area contributed by atoms with Gasteiger partial charge in [0.2, 0.25) is 0 Å². The number of nitrogens with one attached hydrogen (secondary N) is 1. The summed E-state index contributed by atoms with van der Waals surface area (Å²) in [6, 6.07) is 3.76. The van der Waals surface area contributed by atoms with E-state index in [-0.39, 0.29) is 17.1 Å². The fourth-order valence-corrected chi connectivity index (χ4v) is 1.59. The number of nitrogens with zero attached hydrogens (tertiary/aromatic N) is 2. The first-order chi connectivity index (χ1) is 8.81. The van der Waals surface area contributed by atoms with Gasteiger partial charge in [-0.15, -0.1) is 4.91 Å². The Balaban J connectivity index is 3.05. The average molecular weight is 287 g/mol. The molecule has 0 aliphatic rings. The Bertz CT molecular complexity index is 532. The molecule has 0 aromatic heterocycles. The first kappa shape index (κ1) is 14.9. The van der Waals surface area contributed by atoms with Crippen LogP contribution in [0.4, 0.5) is 16.2 Å². The number of rotatable bonds is 4. The van der Waals surface area contributed by atoms with Gasteiger partial charge >= 0.3 is 0 Å². The Morgan fingerprint density at radius 3 is 2.58 bits per heavy atom. The molecule has 1 aromatic rings. The fraction of sp³-hybridized carbons (Fsp3) is 0.300. The third kappa shape index (κ3) is 3.41. The van der Waals surface area contributed by atoms with Crippen molar-refractivity contribution in [2.24, 2.45) is 4.58 Å². The van der Waals surface area contributed by atoms with E-state index < -0.39 is 20.4 Å². The lowest BCUT2D eigenvalue weighted by molar-refractivity contribution is -0.384. The van der Waals surface area contributed by atoms with E-state index in [9.17, 15) is 19.8 Å². The molecule has 9 heteroatoms. The van der Waals surface area contributed by atoms with Crippen molar-refractivity contribution in [1.82, 2.24) is 0 Å². The number of methoxy groups -OCH3 is 1. The highest BCUT2D eigenvalue weighted by atomic mass is 32.3. The summed E-state index contributed by atoms with van der Waals surface area (Å²) in [7, 11) is -0.994. The second-order valence-electron chi connectivity index (χ2n) is 3.90. The van der Waals surface area contributed by atoms with Crippen LogP contribution in [0.25, 0.3) is 0 Å². The van der Waals surface area contributed by atoms with Gasteiger partial charge in [-0.05, 0) is 33.4 Å². The number of benzene rings is 1. The van der Waals surface area contributed by atoms with Crippen LogP contribution in [0.15, 0.2) is 22.8 Å². The van der Waals surface area contributed by atoms with E-state index in [0.717, 1.165) is 0 Å². The van der Waals surface area contributed by atoms with Gasteiger partial charge in [0.15, 0.2) is 0 Å². The number of carbonyl (C=O) groups excluding carboxylic acids is 1. The van der Waals surface area contributed by atoms with Gasteiger partial charge in [-0.2, -0.15) is 0 Å². The summed E-state index contributed by atoms with van der Waals surface area (Å²) < 4.78 is 7.75. The van der Waals surface area contributed by atoms with Crippen molar-refractivity contribution in [2.75, 3.05) is 24.9 Å². The molecule has 0 heterocycles. The first-order valence-electron chi connectivity index (χ1n) is 5.03. The van der Waals surface area contributed by atoms with Crippen LogP contribution in [-0.2, 0) is 0 Å². The maximum atomic E-state index is 11.8. The third-order valence-electron chi connectivity index (χ3n) is 2.27. The Hall–Kier alpha value is -2.16. The summed E-state index contributed by atoms with van der Waals surface area (Å²) >= 11 is 0. The molecule has 8 nitrogen and oxygen atoms in total. The minimum atomic E-state index is -2.32. The normalized spacial score (nSPS) is 11.5. The van der Waals surface area contributed by atoms with E-state index in [1.165, 1.54) is 37.8 Å². The van der Waals surface area contributed by atoms with Crippen LogP contribution in [0.3, 0.4) is 0 Å². The van der Waals surface area contributed by atoms with Crippen molar-refractivity contribution in [2.45, 2.75) is 0 Å². The molecule has 0 saturated carbocycles. The summed E-state index contributed by atoms with van der Waals surface area (Å²) in [5.74, 6) is 0.142. The number of non-ortho nitro benzene ring substituents is 1. The molecule has 0 fully saturated rings. The standard InChI is InChI=1S/C10H13N3O5S/c1-18-9-6-7(13(16)17)4-5-8(9)11-10(14)19(2,3)12-15/h4-6H,1-3H3,(H,11,14). The molecule has 0 aliphatic carbocycles. The lowest BCUT2D eigenvalue weighted by atomic mass is 10.2. The molecule has 1 amide bonds. The van der Waals surface area contributed by atoms with Crippen molar-refractivity contribution in [3.8, 4) is 5.75 Å². The Kier molecular flexibility index (Phi) is 4.43. The summed E-state index contributed by atoms with van der Waals surface area (Å²) in [6.45, 7) is 0. The molecule has 0 aliphatic heterocycles. The van der Waals surface area contributed by atoms with Gasteiger partial charge < -0.3 is 10.1 Å². The predicted octanol–water partition coefficient (Wildman–Crippen LogP) is 2.88. The molecule has 0 bridgehead atoms. The van der Waals surface area contributed by atoms with Gasteiger partial charge in [-0.1, -0.05) is 0 Å². The summed E-state index contributed by atoms with van der Waals surface area (Å²) in [4.78, 5) is 32.4. The highest BCUT2D eigenvalue weighted by Gasteiger charge is 2.24. The molecule has 1 rings (SSSR count). The van der Waals surface area contributed by atoms with Crippen molar-refractivity contribution >= 4 is 26.8 Å². The highest BCUT2D eigenvalue weighted by Crippen LogP contribution is 2.43. The smallest absolute Gasteiger partial charge is 0.287 e. The molecule has 0 atom stereocenters. The molecule has 1 N–H and O–H groups in total. The lowest BCUT2D eigenvalue weighted by Gasteiger charge is -2.20. The highest BCUT2D eigenvalue weighted by molar-refractivity contribution is 8.43. The lowest BCUT2D eigenvalue weighted by Crippen LogP contribution is -2.15. The molecular formula is C10H13N3O5S. The van der Waals surface area contributed by atoms with E-state index in [4.69, 9.17) is 4.74 Å². The van der Waals surface area contributed by atoms with Gasteiger partial charge in [0, 0.05) is 6.07 Å². The SMILES string of the molecule is COc1cc([N+](=O)[O-])ccc1NC(=O)S(C)(C)N=O. The number of nitro benzene ring substituents is 1. The quantitative estimate of drug-likeness (QED) is 0.520. The molecular weight excluding hydrogens is 274 g/mol. The molecule has 1 aromatic carbocycles. The fourth-order valence-electron chi connectivity index (χ4n) is 1.17. The zero-order valence-corrected chi connectivity index (χ0v) is 11.4. The minimum Gasteiger partial charge on any atom is -0.494 e. The number of ether oxygens (including phenoxy) is 1. The molecule has 0 saturated heterocycles. The first-order valence-corrected chi connectivity index (χ1v) is 7.44. The molecule has 19 heavy (non-hydrogen) atoms. The van der Waals surface area contributed by atoms with Crippen molar-refractivity contribution in [3.05, 3.63) is 33.2 Å². The number of hydrogen-bond acceptors (Lipinski definition) is 6. The van der Waals surface area contributed by atoms with Crippen LogP contribution < -0.4 is 10.1 Å². The molecule has 0 radical (unpaired) electrons. The van der Waals surface area contributed by atoms with Gasteiger partial charge in [-0.25, -0.2) is 0 Å².